The molecule has 26 heavy (non-hydrogen) atoms. The summed E-state index contributed by atoms with van der Waals surface area (Å²) in [6.45, 7) is 5.43. The van der Waals surface area contributed by atoms with Crippen molar-refractivity contribution in [2.24, 2.45) is 0 Å². The van der Waals surface area contributed by atoms with Gasteiger partial charge in [-0.3, -0.25) is 0 Å². The number of methoxy groups -OCH3 is 1. The van der Waals surface area contributed by atoms with E-state index >= 15 is 0 Å². The Labute approximate surface area is 152 Å². The molecule has 0 aliphatic rings. The van der Waals surface area contributed by atoms with Crippen LogP contribution in [0.1, 0.15) is 33.6 Å². The van der Waals surface area contributed by atoms with E-state index in [1.54, 1.807) is 39.2 Å². The second-order valence-electron chi connectivity index (χ2n) is 6.86. The molecular weight excluding hydrogens is 336 g/mol. The summed E-state index contributed by atoms with van der Waals surface area (Å²) in [4.78, 5) is 11.4. The first-order chi connectivity index (χ1) is 12.2. The van der Waals surface area contributed by atoms with Crippen LogP contribution in [0, 0.1) is 0 Å². The van der Waals surface area contributed by atoms with Crippen LogP contribution in [0.4, 0.5) is 0 Å². The number of allylic oxidation sites excluding steroid dienone is 1. The van der Waals surface area contributed by atoms with Crippen molar-refractivity contribution in [2.45, 2.75) is 45.3 Å². The second kappa shape index (κ2) is 8.38. The number of fused-ring (bicyclic) bond motifs is 1. The summed E-state index contributed by atoms with van der Waals surface area (Å²) < 4.78 is 16.2. The number of ether oxygens (including phenoxy) is 2. The van der Waals surface area contributed by atoms with Crippen molar-refractivity contribution < 1.29 is 24.1 Å². The van der Waals surface area contributed by atoms with E-state index in [1.165, 1.54) is 6.07 Å². The largest absolute Gasteiger partial charge is 0.493 e. The number of hydrogen-bond acceptors (Lipinski definition) is 6. The van der Waals surface area contributed by atoms with Gasteiger partial charge in [0.15, 0.2) is 11.5 Å². The van der Waals surface area contributed by atoms with E-state index in [4.69, 9.17) is 13.9 Å². The first-order valence-electron chi connectivity index (χ1n) is 8.51. The number of aliphatic hydroxyl groups is 2. The Morgan fingerprint density at radius 2 is 2.04 bits per heavy atom. The van der Waals surface area contributed by atoms with Gasteiger partial charge >= 0.3 is 5.63 Å². The molecule has 1 aromatic carbocycles. The molecule has 1 unspecified atom stereocenters. The Balaban J connectivity index is 2.03. The molecule has 0 aliphatic heterocycles. The van der Waals surface area contributed by atoms with Crippen molar-refractivity contribution in [1.29, 1.82) is 0 Å². The Morgan fingerprint density at radius 1 is 1.31 bits per heavy atom. The zero-order valence-corrected chi connectivity index (χ0v) is 15.6. The summed E-state index contributed by atoms with van der Waals surface area (Å²) in [6, 6.07) is 6.42. The van der Waals surface area contributed by atoms with Crippen LogP contribution >= 0.6 is 0 Å². The van der Waals surface area contributed by atoms with Gasteiger partial charge in [0, 0.05) is 17.5 Å². The standard InChI is InChI=1S/C20H26O6/c1-13(5-7-18(21)20(2,3)23)9-10-25-17-12-15-14(11-16(17)24-4)6-8-19(22)26-15/h6,8-9,11-12,18,21,23H,5,7,10H2,1-4H3. The third-order valence-corrected chi connectivity index (χ3v) is 4.20. The summed E-state index contributed by atoms with van der Waals surface area (Å²) in [6.07, 6.45) is 2.24. The molecule has 0 bridgehead atoms. The van der Waals surface area contributed by atoms with Crippen LogP contribution in [-0.4, -0.2) is 35.6 Å². The summed E-state index contributed by atoms with van der Waals surface area (Å²) in [5.74, 6) is 1.03. The van der Waals surface area contributed by atoms with Crippen LogP contribution in [0.3, 0.4) is 0 Å². The van der Waals surface area contributed by atoms with Crippen molar-refractivity contribution in [3.8, 4) is 11.5 Å². The lowest BCUT2D eigenvalue weighted by Gasteiger charge is -2.24. The van der Waals surface area contributed by atoms with E-state index < -0.39 is 17.3 Å². The quantitative estimate of drug-likeness (QED) is 0.554. The normalized spacial score (nSPS) is 13.7. The molecule has 0 saturated heterocycles. The highest BCUT2D eigenvalue weighted by atomic mass is 16.5. The van der Waals surface area contributed by atoms with E-state index in [2.05, 4.69) is 0 Å². The minimum absolute atomic E-state index is 0.309. The van der Waals surface area contributed by atoms with E-state index in [0.717, 1.165) is 11.0 Å². The van der Waals surface area contributed by atoms with Gasteiger partial charge in [-0.05, 0) is 51.8 Å². The first-order valence-corrected chi connectivity index (χ1v) is 8.51. The van der Waals surface area contributed by atoms with Crippen LogP contribution in [-0.2, 0) is 0 Å². The maximum Gasteiger partial charge on any atom is 0.336 e. The van der Waals surface area contributed by atoms with Crippen molar-refractivity contribution in [3.05, 3.63) is 46.3 Å². The maximum atomic E-state index is 11.4. The summed E-state index contributed by atoms with van der Waals surface area (Å²) in [7, 11) is 1.55. The number of benzene rings is 1. The predicted molar refractivity (Wildman–Crippen MR) is 99.8 cm³/mol. The van der Waals surface area contributed by atoms with Crippen LogP contribution in [0.15, 0.2) is 45.1 Å². The van der Waals surface area contributed by atoms with Crippen LogP contribution in [0.25, 0.3) is 11.0 Å². The highest BCUT2D eigenvalue weighted by Gasteiger charge is 2.23. The van der Waals surface area contributed by atoms with Gasteiger partial charge < -0.3 is 24.1 Å². The molecular formula is C20H26O6. The minimum Gasteiger partial charge on any atom is -0.493 e. The van der Waals surface area contributed by atoms with Gasteiger partial charge in [-0.15, -0.1) is 0 Å². The molecule has 6 nitrogen and oxygen atoms in total. The zero-order chi connectivity index (χ0) is 19.3. The number of rotatable bonds is 8. The maximum absolute atomic E-state index is 11.4. The van der Waals surface area contributed by atoms with Crippen LogP contribution in [0.2, 0.25) is 0 Å². The SMILES string of the molecule is COc1cc2ccc(=O)oc2cc1OCC=C(C)CCC(O)C(C)(C)O. The van der Waals surface area contributed by atoms with Crippen LogP contribution < -0.4 is 15.1 Å². The monoisotopic (exact) mass is 362 g/mol. The molecule has 0 radical (unpaired) electrons. The summed E-state index contributed by atoms with van der Waals surface area (Å²) in [5, 5.41) is 20.4. The van der Waals surface area contributed by atoms with E-state index in [0.29, 0.717) is 36.5 Å². The fraction of sp³-hybridized carbons (Fsp3) is 0.450. The first kappa shape index (κ1) is 20.0. The fourth-order valence-corrected chi connectivity index (χ4v) is 2.44. The topological polar surface area (TPSA) is 89.1 Å². The second-order valence-corrected chi connectivity index (χ2v) is 6.86. The molecule has 2 aromatic rings. The lowest BCUT2D eigenvalue weighted by atomic mass is 9.96. The summed E-state index contributed by atoms with van der Waals surface area (Å²) >= 11 is 0. The van der Waals surface area contributed by atoms with Crippen molar-refractivity contribution >= 4 is 11.0 Å². The summed E-state index contributed by atoms with van der Waals surface area (Å²) in [5.41, 5.74) is -0.0595. The molecule has 6 heteroatoms. The molecule has 0 amide bonds. The molecule has 2 rings (SSSR count). The number of hydrogen-bond donors (Lipinski definition) is 2. The van der Waals surface area contributed by atoms with Gasteiger partial charge in [-0.2, -0.15) is 0 Å². The lowest BCUT2D eigenvalue weighted by Crippen LogP contribution is -2.35. The molecule has 0 spiro atoms. The fourth-order valence-electron chi connectivity index (χ4n) is 2.44. The van der Waals surface area contributed by atoms with Gasteiger partial charge in [0.2, 0.25) is 0 Å². The van der Waals surface area contributed by atoms with Crippen molar-refractivity contribution in [1.82, 2.24) is 0 Å². The Hall–Kier alpha value is -2.31. The third-order valence-electron chi connectivity index (χ3n) is 4.20. The molecule has 1 heterocycles. The molecule has 2 N–H and O–H groups in total. The van der Waals surface area contributed by atoms with Crippen molar-refractivity contribution in [2.75, 3.05) is 13.7 Å². The van der Waals surface area contributed by atoms with Gasteiger partial charge in [-0.25, -0.2) is 4.79 Å². The molecule has 1 aromatic heterocycles. The van der Waals surface area contributed by atoms with Gasteiger partial charge in [0.25, 0.3) is 0 Å². The van der Waals surface area contributed by atoms with Gasteiger partial charge in [0.05, 0.1) is 18.8 Å². The lowest BCUT2D eigenvalue weighted by molar-refractivity contribution is -0.0509. The molecule has 1 atom stereocenters. The molecule has 142 valence electrons. The molecule has 0 fully saturated rings. The average Bonchev–Trinajstić information content (AvgIpc) is 2.58. The predicted octanol–water partition coefficient (Wildman–Crippen LogP) is 3.04. The average molecular weight is 362 g/mol. The zero-order valence-electron chi connectivity index (χ0n) is 15.6. The molecule has 0 aliphatic carbocycles. The van der Waals surface area contributed by atoms with E-state index in [9.17, 15) is 15.0 Å². The third kappa shape index (κ3) is 5.34. The van der Waals surface area contributed by atoms with E-state index in [-0.39, 0.29) is 0 Å². The Bertz CT molecular complexity index is 828. The van der Waals surface area contributed by atoms with E-state index in [1.807, 2.05) is 13.0 Å². The number of aliphatic hydroxyl groups excluding tert-OH is 1. The van der Waals surface area contributed by atoms with Gasteiger partial charge in [0.1, 0.15) is 12.2 Å². The Morgan fingerprint density at radius 3 is 2.69 bits per heavy atom. The van der Waals surface area contributed by atoms with Crippen molar-refractivity contribution in [3.63, 3.8) is 0 Å². The van der Waals surface area contributed by atoms with Gasteiger partial charge in [-0.1, -0.05) is 5.57 Å². The smallest absolute Gasteiger partial charge is 0.336 e. The van der Waals surface area contributed by atoms with Crippen LogP contribution in [0.5, 0.6) is 11.5 Å². The highest BCUT2D eigenvalue weighted by molar-refractivity contribution is 5.80. The minimum atomic E-state index is -1.11. The Kier molecular flexibility index (Phi) is 6.45. The highest BCUT2D eigenvalue weighted by Crippen LogP contribution is 2.31. The molecule has 0 saturated carbocycles.